The van der Waals surface area contributed by atoms with E-state index in [0.29, 0.717) is 41.2 Å². The van der Waals surface area contributed by atoms with Crippen molar-refractivity contribution < 1.29 is 28.1 Å². The van der Waals surface area contributed by atoms with E-state index in [0.717, 1.165) is 16.5 Å². The number of rotatable bonds is 7. The first-order chi connectivity index (χ1) is 20.4. The predicted octanol–water partition coefficient (Wildman–Crippen LogP) is 5.56. The minimum atomic E-state index is -0.733. The minimum absolute atomic E-state index is 0.0299. The maximum atomic E-state index is 15.3. The van der Waals surface area contributed by atoms with E-state index in [1.165, 1.54) is 43.9 Å². The molecule has 0 unspecified atom stereocenters. The van der Waals surface area contributed by atoms with Gasteiger partial charge in [-0.2, -0.15) is 0 Å². The SMILES string of the molecule is COc1cc2nccc(Oc3ccc(NC(=O)c4c5n(cc(-c6cc(C)cs6)c4=O)CCOC5)cc3F)c2nc1OC. The van der Waals surface area contributed by atoms with E-state index in [1.807, 2.05) is 22.9 Å². The second-order valence-electron chi connectivity index (χ2n) is 9.51. The summed E-state index contributed by atoms with van der Waals surface area (Å²) < 4.78 is 39.1. The zero-order chi connectivity index (χ0) is 29.4. The highest BCUT2D eigenvalue weighted by Crippen LogP contribution is 2.35. The van der Waals surface area contributed by atoms with Gasteiger partial charge < -0.3 is 28.8 Å². The third-order valence-electron chi connectivity index (χ3n) is 6.76. The number of methoxy groups -OCH3 is 2. The Hall–Kier alpha value is -4.81. The van der Waals surface area contributed by atoms with Crippen LogP contribution in [0.1, 0.15) is 21.6 Å². The molecule has 42 heavy (non-hydrogen) atoms. The van der Waals surface area contributed by atoms with E-state index < -0.39 is 17.2 Å². The van der Waals surface area contributed by atoms with Crippen molar-refractivity contribution in [3.8, 4) is 33.6 Å². The highest BCUT2D eigenvalue weighted by atomic mass is 32.1. The highest BCUT2D eigenvalue weighted by molar-refractivity contribution is 7.13. The Kier molecular flexibility index (Phi) is 7.31. The summed E-state index contributed by atoms with van der Waals surface area (Å²) in [7, 11) is 2.94. The van der Waals surface area contributed by atoms with Crippen LogP contribution in [0.5, 0.6) is 23.1 Å². The number of ether oxygens (including phenoxy) is 4. The monoisotopic (exact) mass is 588 g/mol. The average molecular weight is 589 g/mol. The number of pyridine rings is 3. The molecule has 0 atom stereocenters. The number of aromatic nitrogens is 3. The molecule has 214 valence electrons. The Morgan fingerprint density at radius 2 is 1.98 bits per heavy atom. The molecule has 12 heteroatoms. The molecule has 1 aromatic carbocycles. The second kappa shape index (κ2) is 11.2. The van der Waals surface area contributed by atoms with Gasteiger partial charge in [-0.25, -0.2) is 9.37 Å². The molecule has 0 radical (unpaired) electrons. The molecular formula is C30H25FN4O6S. The van der Waals surface area contributed by atoms with Crippen molar-refractivity contribution in [3.63, 3.8) is 0 Å². The lowest BCUT2D eigenvalue weighted by atomic mass is 10.1. The van der Waals surface area contributed by atoms with Gasteiger partial charge in [-0.1, -0.05) is 0 Å². The summed E-state index contributed by atoms with van der Waals surface area (Å²) in [6.45, 7) is 3.04. The molecule has 1 aliphatic heterocycles. The predicted molar refractivity (Wildman–Crippen MR) is 155 cm³/mol. The van der Waals surface area contributed by atoms with Crippen molar-refractivity contribution in [1.82, 2.24) is 14.5 Å². The van der Waals surface area contributed by atoms with Crippen LogP contribution >= 0.6 is 11.3 Å². The smallest absolute Gasteiger partial charge is 0.261 e. The Morgan fingerprint density at radius 3 is 2.71 bits per heavy atom. The lowest BCUT2D eigenvalue weighted by molar-refractivity contribution is 0.0809. The van der Waals surface area contributed by atoms with Crippen LogP contribution in [0, 0.1) is 12.7 Å². The third kappa shape index (κ3) is 5.06. The Morgan fingerprint density at radius 1 is 1.12 bits per heavy atom. The van der Waals surface area contributed by atoms with Crippen LogP contribution in [0.4, 0.5) is 10.1 Å². The van der Waals surface area contributed by atoms with Crippen molar-refractivity contribution in [2.45, 2.75) is 20.1 Å². The van der Waals surface area contributed by atoms with Crippen LogP contribution < -0.4 is 25.0 Å². The zero-order valence-corrected chi connectivity index (χ0v) is 23.7. The minimum Gasteiger partial charge on any atom is -0.491 e. The Labute approximate surface area is 243 Å². The number of nitrogens with zero attached hydrogens (tertiary/aromatic N) is 3. The lowest BCUT2D eigenvalue weighted by Crippen LogP contribution is -2.31. The van der Waals surface area contributed by atoms with Gasteiger partial charge in [-0.15, -0.1) is 11.3 Å². The van der Waals surface area contributed by atoms with Gasteiger partial charge in [-0.05, 0) is 36.1 Å². The molecule has 10 nitrogen and oxygen atoms in total. The van der Waals surface area contributed by atoms with Gasteiger partial charge in [0.15, 0.2) is 23.1 Å². The first-order valence-electron chi connectivity index (χ1n) is 12.9. The summed E-state index contributed by atoms with van der Waals surface area (Å²) in [5, 5.41) is 4.62. The lowest BCUT2D eigenvalue weighted by Gasteiger charge is -2.23. The number of hydrogen-bond acceptors (Lipinski definition) is 9. The summed E-state index contributed by atoms with van der Waals surface area (Å²) >= 11 is 1.44. The van der Waals surface area contributed by atoms with Crippen LogP contribution in [0.2, 0.25) is 0 Å². The molecule has 0 bridgehead atoms. The van der Waals surface area contributed by atoms with Crippen LogP contribution in [0.15, 0.2) is 59.0 Å². The number of amides is 1. The normalized spacial score (nSPS) is 12.6. The number of nitrogens with one attached hydrogen (secondary N) is 1. The number of anilines is 1. The van der Waals surface area contributed by atoms with Gasteiger partial charge in [0.05, 0.1) is 44.2 Å². The van der Waals surface area contributed by atoms with E-state index in [2.05, 4.69) is 15.3 Å². The number of thiophene rings is 1. The van der Waals surface area contributed by atoms with Crippen LogP contribution in [0.3, 0.4) is 0 Å². The molecule has 1 aliphatic rings. The van der Waals surface area contributed by atoms with Crippen molar-refractivity contribution in [2.24, 2.45) is 0 Å². The van der Waals surface area contributed by atoms with Gasteiger partial charge in [0.25, 0.3) is 11.8 Å². The highest BCUT2D eigenvalue weighted by Gasteiger charge is 2.25. The van der Waals surface area contributed by atoms with Crippen LogP contribution in [-0.2, 0) is 17.9 Å². The van der Waals surface area contributed by atoms with E-state index >= 15 is 4.39 Å². The van der Waals surface area contributed by atoms with Crippen molar-refractivity contribution >= 4 is 34.0 Å². The molecule has 0 spiro atoms. The van der Waals surface area contributed by atoms with Gasteiger partial charge >= 0.3 is 0 Å². The van der Waals surface area contributed by atoms with Gasteiger partial charge in [0.2, 0.25) is 5.43 Å². The topological polar surface area (TPSA) is 114 Å². The van der Waals surface area contributed by atoms with E-state index in [-0.39, 0.29) is 35.2 Å². The van der Waals surface area contributed by atoms with E-state index in [4.69, 9.17) is 18.9 Å². The number of benzene rings is 1. The standard InChI is InChI=1S/C30H25FN4O6S/c1-16-10-25(42-15-16)18-13-35-8-9-40-14-21(35)26(28(18)36)29(37)33-17-4-5-22(19(31)11-17)41-23-6-7-32-20-12-24(38-2)30(39-3)34-27(20)23/h4-7,10-13,15H,8-9,14H2,1-3H3,(H,33,37). The number of halogens is 1. The molecule has 0 saturated carbocycles. The summed E-state index contributed by atoms with van der Waals surface area (Å²) in [5.41, 5.74) is 2.47. The third-order valence-corrected chi connectivity index (χ3v) is 7.84. The van der Waals surface area contributed by atoms with Gasteiger partial charge in [0, 0.05) is 47.7 Å². The van der Waals surface area contributed by atoms with E-state index in [1.54, 1.807) is 18.3 Å². The summed E-state index contributed by atoms with van der Waals surface area (Å²) in [5.74, 6) is -0.617. The number of hydrogen-bond donors (Lipinski definition) is 1. The molecule has 4 aromatic heterocycles. The van der Waals surface area contributed by atoms with E-state index in [9.17, 15) is 9.59 Å². The number of fused-ring (bicyclic) bond motifs is 2. The Bertz CT molecular complexity index is 1900. The first-order valence-corrected chi connectivity index (χ1v) is 13.8. The summed E-state index contributed by atoms with van der Waals surface area (Å²) in [6.07, 6.45) is 3.28. The number of aryl methyl sites for hydroxylation is 1. The first kappa shape index (κ1) is 27.4. The Balaban J connectivity index is 1.30. The molecule has 0 saturated heterocycles. The molecule has 1 N–H and O–H groups in total. The fourth-order valence-corrected chi connectivity index (χ4v) is 5.64. The maximum Gasteiger partial charge on any atom is 0.261 e. The van der Waals surface area contributed by atoms with Crippen LogP contribution in [0.25, 0.3) is 21.5 Å². The summed E-state index contributed by atoms with van der Waals surface area (Å²) in [6, 6.07) is 9.11. The molecule has 5 aromatic rings. The second-order valence-corrected chi connectivity index (χ2v) is 10.4. The van der Waals surface area contributed by atoms with Gasteiger partial charge in [-0.3, -0.25) is 14.6 Å². The molecule has 6 rings (SSSR count). The number of carbonyl (C=O) groups is 1. The molecule has 0 aliphatic carbocycles. The summed E-state index contributed by atoms with van der Waals surface area (Å²) in [4.78, 5) is 36.5. The molecule has 0 fully saturated rings. The fourth-order valence-electron chi connectivity index (χ4n) is 4.73. The number of carbonyl (C=O) groups excluding carboxylic acids is 1. The van der Waals surface area contributed by atoms with Crippen molar-refractivity contribution in [2.75, 3.05) is 26.1 Å². The van der Waals surface area contributed by atoms with Gasteiger partial charge in [0.1, 0.15) is 11.1 Å². The fraction of sp³-hybridized carbons (Fsp3) is 0.200. The van der Waals surface area contributed by atoms with Crippen molar-refractivity contribution in [3.05, 3.63) is 87.0 Å². The largest absolute Gasteiger partial charge is 0.491 e. The molecule has 1 amide bonds. The average Bonchev–Trinajstić information content (AvgIpc) is 3.43. The quantitative estimate of drug-likeness (QED) is 0.263. The molecule has 5 heterocycles. The van der Waals surface area contributed by atoms with Crippen molar-refractivity contribution in [1.29, 1.82) is 0 Å². The van der Waals surface area contributed by atoms with Crippen LogP contribution in [-0.4, -0.2) is 41.3 Å². The maximum absolute atomic E-state index is 15.3. The zero-order valence-electron chi connectivity index (χ0n) is 22.9. The molecular weight excluding hydrogens is 563 g/mol.